The average molecular weight is 123 g/mol. The van der Waals surface area contributed by atoms with E-state index < -0.39 is 5.97 Å². The molecule has 0 atom stereocenters. The molecule has 2 nitrogen and oxygen atoms in total. The first-order valence-corrected chi connectivity index (χ1v) is 2.84. The third-order valence-corrected chi connectivity index (χ3v) is 0.907. The standard InChI is InChI=1S/C2H2O2.Zn/c1-2(3)4;/h1H,(H,3,4);. The van der Waals surface area contributed by atoms with Gasteiger partial charge in [0.25, 0.3) is 0 Å². The molecule has 0 aromatic rings. The van der Waals surface area contributed by atoms with Crippen LogP contribution in [0.2, 0.25) is 0 Å². The molecule has 24 valence electrons. The summed E-state index contributed by atoms with van der Waals surface area (Å²) >= 11 is 0.731. The maximum atomic E-state index is 9.34. The molecule has 0 heterocycles. The Morgan fingerprint density at radius 2 is 2.20 bits per heavy atom. The predicted octanol–water partition coefficient (Wildman–Crippen LogP) is -0.580. The second kappa shape index (κ2) is 2.22. The van der Waals surface area contributed by atoms with Crippen LogP contribution in [0.3, 0.4) is 0 Å². The number of carboxylic acid groups (broad SMARTS) is 1. The fourth-order valence-corrected chi connectivity index (χ4v) is 0. The fourth-order valence-electron chi connectivity index (χ4n) is 0. The Balaban J connectivity index is 3.20. The Morgan fingerprint density at radius 3 is 2.20 bits per heavy atom. The molecule has 0 rings (SSSR count). The van der Waals surface area contributed by atoms with Gasteiger partial charge in [0.15, 0.2) is 0 Å². The molecule has 0 saturated carbocycles. The second-order valence-electron chi connectivity index (χ2n) is 0.542. The minimum absolute atomic E-state index is 0.731. The van der Waals surface area contributed by atoms with Gasteiger partial charge in [-0.3, -0.25) is 0 Å². The first-order chi connectivity index (χ1) is 2.27. The molecule has 0 aliphatic carbocycles. The van der Waals surface area contributed by atoms with Crippen LogP contribution in [0, 0.1) is 0 Å². The zero-order valence-corrected chi connectivity index (χ0v) is 5.61. The molecule has 1 N–H and O–H groups in total. The van der Waals surface area contributed by atoms with E-state index in [9.17, 15) is 4.79 Å². The molecule has 0 fully saturated rings. The molecule has 0 radical (unpaired) electrons. The van der Waals surface area contributed by atoms with Crippen molar-refractivity contribution in [3.63, 3.8) is 0 Å². The van der Waals surface area contributed by atoms with Crippen molar-refractivity contribution < 1.29 is 27.8 Å². The Morgan fingerprint density at radius 1 is 2.00 bits per heavy atom. The van der Waals surface area contributed by atoms with Gasteiger partial charge < -0.3 is 0 Å². The summed E-state index contributed by atoms with van der Waals surface area (Å²) in [5.74, 6) is -0.815. The molecule has 0 aromatic heterocycles. The molecule has 5 heavy (non-hydrogen) atoms. The van der Waals surface area contributed by atoms with Gasteiger partial charge in [0.2, 0.25) is 0 Å². The van der Waals surface area contributed by atoms with Crippen molar-refractivity contribution in [2.75, 3.05) is 0 Å². The predicted molar refractivity (Wildman–Crippen MR) is 13.7 cm³/mol. The third-order valence-electron chi connectivity index (χ3n) is 0.175. The van der Waals surface area contributed by atoms with Gasteiger partial charge in [0.05, 0.1) is 0 Å². The van der Waals surface area contributed by atoms with Crippen LogP contribution >= 0.6 is 0 Å². The summed E-state index contributed by atoms with van der Waals surface area (Å²) in [7, 11) is 0. The third kappa shape index (κ3) is 3.96. The topological polar surface area (TPSA) is 37.3 Å². The van der Waals surface area contributed by atoms with Gasteiger partial charge in [0.1, 0.15) is 0 Å². The molecule has 3 heteroatoms. The number of carboxylic acids is 1. The van der Waals surface area contributed by atoms with E-state index in [1.54, 1.807) is 0 Å². The monoisotopic (exact) mass is 122 g/mol. The summed E-state index contributed by atoms with van der Waals surface area (Å²) in [6.07, 6.45) is 0. The van der Waals surface area contributed by atoms with Gasteiger partial charge in [-0.25, -0.2) is 0 Å². The Hall–Kier alpha value is -0.0366. The van der Waals surface area contributed by atoms with Gasteiger partial charge in [-0.15, -0.1) is 0 Å². The first kappa shape index (κ1) is 4.96. The van der Waals surface area contributed by atoms with Crippen LogP contribution < -0.4 is 0 Å². The van der Waals surface area contributed by atoms with Crippen LogP contribution in [0.5, 0.6) is 0 Å². The Kier molecular flexibility index (Phi) is 2.20. The van der Waals surface area contributed by atoms with E-state index in [2.05, 4.69) is 0 Å². The zero-order chi connectivity index (χ0) is 4.28. The van der Waals surface area contributed by atoms with Gasteiger partial charge in [-0.1, -0.05) is 0 Å². The van der Waals surface area contributed by atoms with Crippen molar-refractivity contribution >= 4 is 10.6 Å². The molecular formula is C2H2O2Zn. The van der Waals surface area contributed by atoms with Crippen LogP contribution in [0.15, 0.2) is 0 Å². The number of hydrogen-bond donors (Lipinski definition) is 1. The molecule has 0 bridgehead atoms. The molecule has 0 saturated heterocycles. The molecular weight excluding hydrogens is 121 g/mol. The van der Waals surface area contributed by atoms with Crippen LogP contribution in [0.1, 0.15) is 0 Å². The first-order valence-electron chi connectivity index (χ1n) is 1.12. The summed E-state index contributed by atoms with van der Waals surface area (Å²) < 4.78 is 1.21. The van der Waals surface area contributed by atoms with Crippen LogP contribution in [-0.4, -0.2) is 15.7 Å². The van der Waals surface area contributed by atoms with Gasteiger partial charge >= 0.3 is 38.3 Å². The second-order valence-corrected chi connectivity index (χ2v) is 1.40. The summed E-state index contributed by atoms with van der Waals surface area (Å²) in [4.78, 5) is 9.34. The number of carbonyl (C=O) groups is 1. The van der Waals surface area contributed by atoms with E-state index in [1.807, 2.05) is 0 Å². The minimum atomic E-state index is -0.815. The fraction of sp³-hybridized carbons (Fsp3) is 0. The Bertz CT molecular complexity index is 58.7. The van der Waals surface area contributed by atoms with Crippen LogP contribution in [-0.2, 0) is 22.6 Å². The van der Waals surface area contributed by atoms with Crippen LogP contribution in [0.4, 0.5) is 0 Å². The number of rotatable bonds is 1. The van der Waals surface area contributed by atoms with E-state index in [0.29, 0.717) is 0 Å². The van der Waals surface area contributed by atoms with Crippen molar-refractivity contribution in [3.05, 3.63) is 0 Å². The summed E-state index contributed by atoms with van der Waals surface area (Å²) in [6, 6.07) is 0. The van der Waals surface area contributed by atoms with E-state index in [-0.39, 0.29) is 0 Å². The molecule has 0 unspecified atom stereocenters. The van der Waals surface area contributed by atoms with E-state index in [0.717, 1.165) is 17.9 Å². The average Bonchev–Trinajstić information content (AvgIpc) is 1.38. The Labute approximate surface area is 39.0 Å². The van der Waals surface area contributed by atoms with E-state index >= 15 is 0 Å². The molecule has 0 spiro atoms. The van der Waals surface area contributed by atoms with Crippen LogP contribution in [0.25, 0.3) is 0 Å². The summed E-state index contributed by atoms with van der Waals surface area (Å²) in [6.45, 7) is 0. The maximum absolute atomic E-state index is 9.34. The summed E-state index contributed by atoms with van der Waals surface area (Å²) in [5, 5.41) is 7.70. The number of aliphatic carboxylic acids is 1. The van der Waals surface area contributed by atoms with Gasteiger partial charge in [-0.2, -0.15) is 0 Å². The van der Waals surface area contributed by atoms with Crippen molar-refractivity contribution in [2.24, 2.45) is 0 Å². The molecule has 0 aliphatic rings. The van der Waals surface area contributed by atoms with Crippen molar-refractivity contribution in [1.29, 1.82) is 0 Å². The molecule has 0 aromatic carbocycles. The van der Waals surface area contributed by atoms with Crippen molar-refractivity contribution in [1.82, 2.24) is 0 Å². The molecule has 0 amide bonds. The number of hydrogen-bond acceptors (Lipinski definition) is 1. The SMILES string of the molecule is O=C(O)[CH]=[Zn]. The van der Waals surface area contributed by atoms with Crippen molar-refractivity contribution in [3.8, 4) is 0 Å². The van der Waals surface area contributed by atoms with Gasteiger partial charge in [-0.05, 0) is 0 Å². The summed E-state index contributed by atoms with van der Waals surface area (Å²) in [5.41, 5.74) is 0. The van der Waals surface area contributed by atoms with Crippen molar-refractivity contribution in [2.45, 2.75) is 0 Å². The quantitative estimate of drug-likeness (QED) is 0.474. The van der Waals surface area contributed by atoms with E-state index in [4.69, 9.17) is 5.11 Å². The van der Waals surface area contributed by atoms with E-state index in [1.165, 1.54) is 4.61 Å². The normalized spacial score (nSPS) is 6.80. The molecule has 0 aliphatic heterocycles. The van der Waals surface area contributed by atoms with Gasteiger partial charge in [0, 0.05) is 0 Å². The zero-order valence-electron chi connectivity index (χ0n) is 2.64.